The van der Waals surface area contributed by atoms with Crippen LogP contribution in [-0.2, 0) is 4.79 Å². The lowest BCUT2D eigenvalue weighted by Gasteiger charge is -2.37. The van der Waals surface area contributed by atoms with Crippen molar-refractivity contribution in [2.24, 2.45) is 5.92 Å². The standard InChI is InChI=1S/C15H19Cl2NO2/c1-2-14(10-5-6-12(16)13(17)8-10)18-7-3-4-11(9-18)15(19)20/h5-6,8,11,14H,2-4,7,9H2,1H3,(H,19,20). The number of benzene rings is 1. The van der Waals surface area contributed by atoms with Gasteiger partial charge in [0.2, 0.25) is 0 Å². The molecule has 0 spiro atoms. The number of likely N-dealkylation sites (tertiary alicyclic amines) is 1. The largest absolute Gasteiger partial charge is 0.481 e. The summed E-state index contributed by atoms with van der Waals surface area (Å²) in [6.45, 7) is 3.65. The molecule has 0 saturated carbocycles. The molecule has 2 rings (SSSR count). The van der Waals surface area contributed by atoms with E-state index in [4.69, 9.17) is 23.2 Å². The summed E-state index contributed by atoms with van der Waals surface area (Å²) in [4.78, 5) is 13.4. The van der Waals surface area contributed by atoms with Gasteiger partial charge in [-0.05, 0) is 43.5 Å². The molecule has 1 fully saturated rings. The fourth-order valence-electron chi connectivity index (χ4n) is 2.92. The van der Waals surface area contributed by atoms with Crippen LogP contribution in [0, 0.1) is 5.92 Å². The highest BCUT2D eigenvalue weighted by atomic mass is 35.5. The van der Waals surface area contributed by atoms with Gasteiger partial charge in [0.05, 0.1) is 16.0 Å². The van der Waals surface area contributed by atoms with Crippen LogP contribution in [0.15, 0.2) is 18.2 Å². The summed E-state index contributed by atoms with van der Waals surface area (Å²) in [6.07, 6.45) is 2.61. The van der Waals surface area contributed by atoms with E-state index in [0.717, 1.165) is 31.4 Å². The van der Waals surface area contributed by atoms with Crippen molar-refractivity contribution < 1.29 is 9.90 Å². The van der Waals surface area contributed by atoms with Crippen LogP contribution in [0.4, 0.5) is 0 Å². The maximum Gasteiger partial charge on any atom is 0.307 e. The fraction of sp³-hybridized carbons (Fsp3) is 0.533. The van der Waals surface area contributed by atoms with Gasteiger partial charge in [-0.1, -0.05) is 36.2 Å². The van der Waals surface area contributed by atoms with Crippen LogP contribution in [0.3, 0.4) is 0 Å². The normalized spacial score (nSPS) is 21.6. The Morgan fingerprint density at radius 2 is 2.20 bits per heavy atom. The molecule has 5 heteroatoms. The van der Waals surface area contributed by atoms with Crippen molar-refractivity contribution >= 4 is 29.2 Å². The van der Waals surface area contributed by atoms with E-state index >= 15 is 0 Å². The van der Waals surface area contributed by atoms with E-state index in [-0.39, 0.29) is 12.0 Å². The smallest absolute Gasteiger partial charge is 0.307 e. The molecule has 1 N–H and O–H groups in total. The number of halogens is 2. The van der Waals surface area contributed by atoms with Gasteiger partial charge >= 0.3 is 5.97 Å². The molecule has 1 heterocycles. The molecule has 20 heavy (non-hydrogen) atoms. The van der Waals surface area contributed by atoms with E-state index in [9.17, 15) is 9.90 Å². The summed E-state index contributed by atoms with van der Waals surface area (Å²) >= 11 is 12.0. The average molecular weight is 316 g/mol. The zero-order valence-electron chi connectivity index (χ0n) is 11.5. The second-order valence-corrected chi connectivity index (χ2v) is 6.08. The van der Waals surface area contributed by atoms with E-state index in [2.05, 4.69) is 11.8 Å². The first kappa shape index (κ1) is 15.6. The Morgan fingerprint density at radius 3 is 2.80 bits per heavy atom. The third-order valence-corrected chi connectivity index (χ3v) is 4.70. The molecule has 0 amide bonds. The molecule has 0 radical (unpaired) electrons. The van der Waals surface area contributed by atoms with Crippen molar-refractivity contribution in [1.29, 1.82) is 0 Å². The monoisotopic (exact) mass is 315 g/mol. The highest BCUT2D eigenvalue weighted by Crippen LogP contribution is 2.32. The second kappa shape index (κ2) is 6.79. The quantitative estimate of drug-likeness (QED) is 0.903. The van der Waals surface area contributed by atoms with Gasteiger partial charge < -0.3 is 5.11 Å². The summed E-state index contributed by atoms with van der Waals surface area (Å²) in [5.41, 5.74) is 1.10. The lowest BCUT2D eigenvalue weighted by Crippen LogP contribution is -2.40. The van der Waals surface area contributed by atoms with Crippen molar-refractivity contribution in [1.82, 2.24) is 4.90 Å². The van der Waals surface area contributed by atoms with Crippen LogP contribution in [0.5, 0.6) is 0 Å². The molecule has 1 aliphatic heterocycles. The molecule has 3 nitrogen and oxygen atoms in total. The van der Waals surface area contributed by atoms with Gasteiger partial charge in [0.15, 0.2) is 0 Å². The Bertz CT molecular complexity index is 493. The summed E-state index contributed by atoms with van der Waals surface area (Å²) in [5, 5.41) is 10.3. The molecule has 1 saturated heterocycles. The molecular formula is C15H19Cl2NO2. The Morgan fingerprint density at radius 1 is 1.45 bits per heavy atom. The van der Waals surface area contributed by atoms with Crippen LogP contribution in [0.2, 0.25) is 10.0 Å². The summed E-state index contributed by atoms with van der Waals surface area (Å²) in [6, 6.07) is 5.88. The van der Waals surface area contributed by atoms with Crippen LogP contribution in [0.1, 0.15) is 37.8 Å². The highest BCUT2D eigenvalue weighted by molar-refractivity contribution is 6.42. The Kier molecular flexibility index (Phi) is 5.30. The van der Waals surface area contributed by atoms with Crippen LogP contribution >= 0.6 is 23.2 Å². The van der Waals surface area contributed by atoms with E-state index in [0.29, 0.717) is 16.6 Å². The van der Waals surface area contributed by atoms with E-state index in [1.54, 1.807) is 6.07 Å². The number of carboxylic acids is 1. The molecule has 2 atom stereocenters. The first-order valence-corrected chi connectivity index (χ1v) is 7.70. The molecular weight excluding hydrogens is 297 g/mol. The van der Waals surface area contributed by atoms with Crippen molar-refractivity contribution in [3.63, 3.8) is 0 Å². The predicted molar refractivity (Wildman–Crippen MR) is 81.4 cm³/mol. The summed E-state index contributed by atoms with van der Waals surface area (Å²) in [7, 11) is 0. The molecule has 1 aromatic rings. The van der Waals surface area contributed by atoms with Gasteiger partial charge in [-0.3, -0.25) is 9.69 Å². The maximum atomic E-state index is 11.2. The van der Waals surface area contributed by atoms with Crippen LogP contribution in [0.25, 0.3) is 0 Å². The number of piperidine rings is 1. The van der Waals surface area contributed by atoms with Gasteiger partial charge in [0, 0.05) is 12.6 Å². The lowest BCUT2D eigenvalue weighted by molar-refractivity contribution is -0.144. The molecule has 1 aromatic carbocycles. The average Bonchev–Trinajstić information content (AvgIpc) is 2.44. The number of rotatable bonds is 4. The minimum atomic E-state index is -0.696. The first-order chi connectivity index (χ1) is 9.52. The Hall–Kier alpha value is -0.770. The van der Waals surface area contributed by atoms with E-state index < -0.39 is 5.97 Å². The maximum absolute atomic E-state index is 11.2. The SMILES string of the molecule is CCC(c1ccc(Cl)c(Cl)c1)N1CCCC(C(=O)O)C1. The molecule has 0 aromatic heterocycles. The number of aliphatic carboxylic acids is 1. The van der Waals surface area contributed by atoms with E-state index in [1.165, 1.54) is 0 Å². The zero-order chi connectivity index (χ0) is 14.7. The summed E-state index contributed by atoms with van der Waals surface area (Å²) < 4.78 is 0. The third-order valence-electron chi connectivity index (χ3n) is 3.96. The van der Waals surface area contributed by atoms with Crippen molar-refractivity contribution in [2.45, 2.75) is 32.2 Å². The van der Waals surface area contributed by atoms with Gasteiger partial charge in [0.25, 0.3) is 0 Å². The number of hydrogen-bond donors (Lipinski definition) is 1. The minimum absolute atomic E-state index is 0.201. The van der Waals surface area contributed by atoms with Gasteiger partial charge in [0.1, 0.15) is 0 Å². The fourth-order valence-corrected chi connectivity index (χ4v) is 3.22. The topological polar surface area (TPSA) is 40.5 Å². The van der Waals surface area contributed by atoms with Crippen LogP contribution < -0.4 is 0 Å². The predicted octanol–water partition coefficient (Wildman–Crippen LogP) is 4.24. The van der Waals surface area contributed by atoms with Gasteiger partial charge in [-0.2, -0.15) is 0 Å². The first-order valence-electron chi connectivity index (χ1n) is 6.94. The number of carbonyl (C=O) groups is 1. The van der Waals surface area contributed by atoms with Crippen molar-refractivity contribution in [2.75, 3.05) is 13.1 Å². The van der Waals surface area contributed by atoms with Gasteiger partial charge in [-0.25, -0.2) is 0 Å². The molecule has 1 aliphatic rings. The summed E-state index contributed by atoms with van der Waals surface area (Å²) in [5.74, 6) is -0.959. The van der Waals surface area contributed by atoms with Crippen LogP contribution in [-0.4, -0.2) is 29.1 Å². The van der Waals surface area contributed by atoms with Gasteiger partial charge in [-0.15, -0.1) is 0 Å². The third kappa shape index (κ3) is 3.46. The van der Waals surface area contributed by atoms with Crippen molar-refractivity contribution in [3.8, 4) is 0 Å². The van der Waals surface area contributed by atoms with Crippen molar-refractivity contribution in [3.05, 3.63) is 33.8 Å². The Balaban J connectivity index is 2.18. The molecule has 2 unspecified atom stereocenters. The zero-order valence-corrected chi connectivity index (χ0v) is 13.0. The number of carboxylic acid groups (broad SMARTS) is 1. The second-order valence-electron chi connectivity index (χ2n) is 5.27. The highest BCUT2D eigenvalue weighted by Gasteiger charge is 2.29. The number of nitrogens with zero attached hydrogens (tertiary/aromatic N) is 1. The number of hydrogen-bond acceptors (Lipinski definition) is 2. The lowest BCUT2D eigenvalue weighted by atomic mass is 9.94. The molecule has 0 bridgehead atoms. The Labute approximate surface area is 129 Å². The minimum Gasteiger partial charge on any atom is -0.481 e. The molecule has 110 valence electrons. The van der Waals surface area contributed by atoms with E-state index in [1.807, 2.05) is 12.1 Å². The molecule has 0 aliphatic carbocycles.